The van der Waals surface area contributed by atoms with Gasteiger partial charge in [-0.05, 0) is 64.2 Å². The molecule has 0 aliphatic rings. The first-order valence-corrected chi connectivity index (χ1v) is 23.3. The van der Waals surface area contributed by atoms with Crippen LogP contribution in [0.4, 0.5) is 0 Å². The van der Waals surface area contributed by atoms with Crippen LogP contribution in [0, 0.1) is 0 Å². The van der Waals surface area contributed by atoms with Crippen LogP contribution < -0.4 is 5.32 Å². The highest BCUT2D eigenvalue weighted by Crippen LogP contribution is 2.14. The first kappa shape index (κ1) is 52.1. The maximum Gasteiger partial charge on any atom is 0.305 e. The van der Waals surface area contributed by atoms with Crippen LogP contribution in [0.25, 0.3) is 0 Å². The van der Waals surface area contributed by atoms with E-state index in [1.165, 1.54) is 141 Å². The van der Waals surface area contributed by atoms with Gasteiger partial charge in [0.25, 0.3) is 0 Å². The standard InChI is InChI=1S/C48H89NO5/c1-3-5-7-9-11-13-15-16-17-18-19-20-21-26-30-34-38-42-48(53)54-43-39-35-31-27-23-22-25-29-33-37-41-47(52)49-45(44-50)46(51)40-36-32-28-24-14-12-10-8-6-4-2/h11,13,16-17,36,40,45-46,50-51H,3-10,12,14-15,18-35,37-39,41-44H2,1-2H3,(H,49,52)/b13-11-,17-16-,40-36+. The summed E-state index contributed by atoms with van der Waals surface area (Å²) < 4.78 is 5.44. The van der Waals surface area contributed by atoms with Crippen molar-refractivity contribution in [1.29, 1.82) is 0 Å². The topological polar surface area (TPSA) is 95.9 Å². The van der Waals surface area contributed by atoms with E-state index in [4.69, 9.17) is 4.74 Å². The van der Waals surface area contributed by atoms with E-state index in [0.29, 0.717) is 19.4 Å². The molecule has 0 saturated carbocycles. The molecule has 54 heavy (non-hydrogen) atoms. The zero-order chi connectivity index (χ0) is 39.4. The highest BCUT2D eigenvalue weighted by atomic mass is 16.5. The lowest BCUT2D eigenvalue weighted by Crippen LogP contribution is -2.45. The summed E-state index contributed by atoms with van der Waals surface area (Å²) in [6.07, 6.45) is 51.3. The Morgan fingerprint density at radius 2 is 0.926 bits per heavy atom. The number of esters is 1. The predicted molar refractivity (Wildman–Crippen MR) is 232 cm³/mol. The van der Waals surface area contributed by atoms with Crippen molar-refractivity contribution >= 4 is 11.9 Å². The summed E-state index contributed by atoms with van der Waals surface area (Å²) in [5.74, 6) is -0.125. The minimum atomic E-state index is -0.857. The Bertz CT molecular complexity index is 884. The number of ether oxygens (including phenoxy) is 1. The molecule has 0 aromatic carbocycles. The van der Waals surface area contributed by atoms with E-state index in [2.05, 4.69) is 43.5 Å². The Hall–Kier alpha value is -1.92. The largest absolute Gasteiger partial charge is 0.466 e. The number of carbonyl (C=O) groups is 2. The first-order valence-electron chi connectivity index (χ1n) is 23.3. The number of carbonyl (C=O) groups excluding carboxylic acids is 2. The van der Waals surface area contributed by atoms with Crippen molar-refractivity contribution in [2.75, 3.05) is 13.2 Å². The van der Waals surface area contributed by atoms with Gasteiger partial charge < -0.3 is 20.3 Å². The molecule has 0 fully saturated rings. The minimum absolute atomic E-state index is 0.0300. The van der Waals surface area contributed by atoms with Crippen LogP contribution in [0.2, 0.25) is 0 Å². The summed E-state index contributed by atoms with van der Waals surface area (Å²) in [6.45, 7) is 4.78. The van der Waals surface area contributed by atoms with Crippen molar-refractivity contribution in [3.63, 3.8) is 0 Å². The summed E-state index contributed by atoms with van der Waals surface area (Å²) in [6, 6.07) is -0.643. The Balaban J connectivity index is 3.50. The number of allylic oxidation sites excluding steroid dienone is 5. The van der Waals surface area contributed by atoms with Gasteiger partial charge in [0, 0.05) is 12.8 Å². The van der Waals surface area contributed by atoms with Gasteiger partial charge in [-0.2, -0.15) is 0 Å². The summed E-state index contributed by atoms with van der Waals surface area (Å²) in [5, 5.41) is 22.9. The van der Waals surface area contributed by atoms with Crippen molar-refractivity contribution in [2.45, 2.75) is 244 Å². The molecule has 6 heteroatoms. The van der Waals surface area contributed by atoms with Crippen LogP contribution in [-0.2, 0) is 14.3 Å². The fraction of sp³-hybridized carbons (Fsp3) is 0.833. The lowest BCUT2D eigenvalue weighted by atomic mass is 10.1. The van der Waals surface area contributed by atoms with E-state index in [1.807, 2.05) is 6.08 Å². The third-order valence-electron chi connectivity index (χ3n) is 10.4. The third-order valence-corrected chi connectivity index (χ3v) is 10.4. The second-order valence-electron chi connectivity index (χ2n) is 15.7. The van der Waals surface area contributed by atoms with E-state index in [1.54, 1.807) is 6.08 Å². The monoisotopic (exact) mass is 760 g/mol. The molecule has 6 nitrogen and oxygen atoms in total. The second kappa shape index (κ2) is 43.8. The molecule has 0 spiro atoms. The zero-order valence-electron chi connectivity index (χ0n) is 35.7. The molecule has 2 atom stereocenters. The maximum atomic E-state index is 12.4. The lowest BCUT2D eigenvalue weighted by Gasteiger charge is -2.20. The van der Waals surface area contributed by atoms with Gasteiger partial charge in [-0.25, -0.2) is 0 Å². The molecule has 3 N–H and O–H groups in total. The molecule has 0 saturated heterocycles. The fourth-order valence-corrected chi connectivity index (χ4v) is 6.78. The third kappa shape index (κ3) is 39.8. The Morgan fingerprint density at radius 3 is 1.44 bits per heavy atom. The fourth-order valence-electron chi connectivity index (χ4n) is 6.78. The Labute approximate surface area is 334 Å². The van der Waals surface area contributed by atoms with Crippen LogP contribution in [0.15, 0.2) is 36.5 Å². The molecule has 0 bridgehead atoms. The van der Waals surface area contributed by atoms with E-state index in [-0.39, 0.29) is 18.5 Å². The molecule has 0 aliphatic carbocycles. The number of unbranched alkanes of at least 4 members (excludes halogenated alkanes) is 27. The van der Waals surface area contributed by atoms with Crippen molar-refractivity contribution < 1.29 is 24.5 Å². The average molecular weight is 760 g/mol. The van der Waals surface area contributed by atoms with Gasteiger partial charge in [0.05, 0.1) is 25.4 Å². The van der Waals surface area contributed by atoms with Gasteiger partial charge in [-0.15, -0.1) is 0 Å². The van der Waals surface area contributed by atoms with Gasteiger partial charge in [0.1, 0.15) is 0 Å². The van der Waals surface area contributed by atoms with E-state index < -0.39 is 12.1 Å². The SMILES string of the molecule is CCCCC/C=C\C/C=C\CCCCCCCCCC(=O)OCCCCCCCCCCCCC(=O)NC(CO)C(O)/C=C/CCCCCCCCCC. The summed E-state index contributed by atoms with van der Waals surface area (Å²) in [4.78, 5) is 24.4. The lowest BCUT2D eigenvalue weighted by molar-refractivity contribution is -0.143. The number of amides is 1. The number of rotatable bonds is 42. The van der Waals surface area contributed by atoms with E-state index >= 15 is 0 Å². The van der Waals surface area contributed by atoms with Gasteiger partial charge in [-0.3, -0.25) is 9.59 Å². The van der Waals surface area contributed by atoms with Gasteiger partial charge in [0.15, 0.2) is 0 Å². The molecule has 0 aliphatic heterocycles. The summed E-state index contributed by atoms with van der Waals surface area (Å²) in [5.41, 5.74) is 0. The highest BCUT2D eigenvalue weighted by Gasteiger charge is 2.18. The summed E-state index contributed by atoms with van der Waals surface area (Å²) >= 11 is 0. The minimum Gasteiger partial charge on any atom is -0.466 e. The first-order chi connectivity index (χ1) is 26.5. The number of aliphatic hydroxyl groups is 2. The van der Waals surface area contributed by atoms with Crippen molar-refractivity contribution in [3.8, 4) is 0 Å². The number of nitrogens with one attached hydrogen (secondary N) is 1. The molecule has 0 heterocycles. The average Bonchev–Trinajstić information content (AvgIpc) is 3.17. The molecular formula is C48H89NO5. The maximum absolute atomic E-state index is 12.4. The van der Waals surface area contributed by atoms with Crippen molar-refractivity contribution in [1.82, 2.24) is 5.32 Å². The van der Waals surface area contributed by atoms with Gasteiger partial charge in [-0.1, -0.05) is 192 Å². The molecule has 1 amide bonds. The molecule has 0 radical (unpaired) electrons. The van der Waals surface area contributed by atoms with Gasteiger partial charge in [0.2, 0.25) is 5.91 Å². The summed E-state index contributed by atoms with van der Waals surface area (Å²) in [7, 11) is 0. The number of hydrogen-bond donors (Lipinski definition) is 3. The van der Waals surface area contributed by atoms with Crippen LogP contribution in [0.3, 0.4) is 0 Å². The van der Waals surface area contributed by atoms with Crippen LogP contribution in [-0.4, -0.2) is 47.4 Å². The van der Waals surface area contributed by atoms with Crippen LogP contribution in [0.5, 0.6) is 0 Å². The molecule has 316 valence electrons. The molecule has 0 aromatic rings. The van der Waals surface area contributed by atoms with Crippen LogP contribution in [0.1, 0.15) is 232 Å². The van der Waals surface area contributed by atoms with Crippen LogP contribution >= 0.6 is 0 Å². The normalized spacial score (nSPS) is 13.0. The van der Waals surface area contributed by atoms with Gasteiger partial charge >= 0.3 is 5.97 Å². The van der Waals surface area contributed by atoms with Crippen molar-refractivity contribution in [3.05, 3.63) is 36.5 Å². The second-order valence-corrected chi connectivity index (χ2v) is 15.7. The van der Waals surface area contributed by atoms with Crippen molar-refractivity contribution in [2.24, 2.45) is 0 Å². The smallest absolute Gasteiger partial charge is 0.305 e. The Morgan fingerprint density at radius 1 is 0.519 bits per heavy atom. The molecular weight excluding hydrogens is 671 g/mol. The predicted octanol–water partition coefficient (Wildman–Crippen LogP) is 13.3. The quantitative estimate of drug-likeness (QED) is 0.0327. The highest BCUT2D eigenvalue weighted by molar-refractivity contribution is 5.76. The molecule has 2 unspecified atom stereocenters. The zero-order valence-corrected chi connectivity index (χ0v) is 35.7. The number of hydrogen-bond acceptors (Lipinski definition) is 5. The number of aliphatic hydroxyl groups excluding tert-OH is 2. The molecule has 0 aromatic heterocycles. The van der Waals surface area contributed by atoms with E-state index in [0.717, 1.165) is 64.2 Å². The Kier molecular flexibility index (Phi) is 42.2. The van der Waals surface area contributed by atoms with E-state index in [9.17, 15) is 19.8 Å². The molecule has 0 rings (SSSR count).